The van der Waals surface area contributed by atoms with Crippen molar-refractivity contribution in [1.82, 2.24) is 9.78 Å². The molecule has 0 spiro atoms. The SMILES string of the molecule is [C-]#[N+]c1cc(-n2cc(C(=O)O)cn2)ccc1OC(C)CC. The average molecular weight is 285 g/mol. The zero-order valence-electron chi connectivity index (χ0n) is 11.8. The Hall–Kier alpha value is -2.81. The Balaban J connectivity index is 2.34. The summed E-state index contributed by atoms with van der Waals surface area (Å²) in [6, 6.07) is 5.07. The molecule has 0 aliphatic carbocycles. The number of carbonyl (C=O) groups is 1. The van der Waals surface area contributed by atoms with E-state index < -0.39 is 5.97 Å². The van der Waals surface area contributed by atoms with Crippen molar-refractivity contribution < 1.29 is 14.6 Å². The van der Waals surface area contributed by atoms with Gasteiger partial charge in [-0.15, -0.1) is 0 Å². The number of hydrogen-bond acceptors (Lipinski definition) is 3. The summed E-state index contributed by atoms with van der Waals surface area (Å²) in [4.78, 5) is 14.3. The van der Waals surface area contributed by atoms with E-state index in [2.05, 4.69) is 9.94 Å². The molecular weight excluding hydrogens is 270 g/mol. The maximum absolute atomic E-state index is 10.9. The zero-order valence-corrected chi connectivity index (χ0v) is 11.8. The Morgan fingerprint density at radius 3 is 2.90 bits per heavy atom. The summed E-state index contributed by atoms with van der Waals surface area (Å²) in [6.45, 7) is 11.2. The number of carboxylic acids is 1. The van der Waals surface area contributed by atoms with Crippen LogP contribution in [0.5, 0.6) is 5.75 Å². The highest BCUT2D eigenvalue weighted by Crippen LogP contribution is 2.31. The van der Waals surface area contributed by atoms with Crippen LogP contribution in [0, 0.1) is 6.57 Å². The predicted octanol–water partition coefficient (Wildman–Crippen LogP) is 3.30. The van der Waals surface area contributed by atoms with Gasteiger partial charge >= 0.3 is 5.97 Å². The van der Waals surface area contributed by atoms with Crippen LogP contribution in [-0.4, -0.2) is 27.0 Å². The molecule has 108 valence electrons. The van der Waals surface area contributed by atoms with Crippen LogP contribution in [0.25, 0.3) is 10.5 Å². The molecule has 1 aromatic heterocycles. The first-order valence-corrected chi connectivity index (χ1v) is 6.51. The van der Waals surface area contributed by atoms with E-state index in [-0.39, 0.29) is 11.7 Å². The number of rotatable bonds is 5. The average Bonchev–Trinajstić information content (AvgIpc) is 2.97. The zero-order chi connectivity index (χ0) is 15.4. The molecule has 6 heteroatoms. The minimum absolute atomic E-state index is 0.0275. The second kappa shape index (κ2) is 6.09. The van der Waals surface area contributed by atoms with E-state index in [0.717, 1.165) is 6.42 Å². The van der Waals surface area contributed by atoms with Crippen molar-refractivity contribution in [3.63, 3.8) is 0 Å². The lowest BCUT2D eigenvalue weighted by Gasteiger charge is -2.14. The summed E-state index contributed by atoms with van der Waals surface area (Å²) >= 11 is 0. The molecule has 0 aliphatic heterocycles. The maximum atomic E-state index is 10.9. The van der Waals surface area contributed by atoms with Gasteiger partial charge in [0.2, 0.25) is 5.69 Å². The van der Waals surface area contributed by atoms with Gasteiger partial charge in [-0.25, -0.2) is 14.3 Å². The third-order valence-electron chi connectivity index (χ3n) is 3.06. The van der Waals surface area contributed by atoms with E-state index in [1.54, 1.807) is 18.2 Å². The van der Waals surface area contributed by atoms with E-state index in [9.17, 15) is 4.79 Å². The summed E-state index contributed by atoms with van der Waals surface area (Å²) in [7, 11) is 0. The highest BCUT2D eigenvalue weighted by Gasteiger charge is 2.11. The number of nitrogens with zero attached hydrogens (tertiary/aromatic N) is 3. The fraction of sp³-hybridized carbons (Fsp3) is 0.267. The minimum Gasteiger partial charge on any atom is -0.502 e. The standard InChI is InChI=1S/C15H15N3O3/c1-4-10(2)21-14-6-5-12(7-13(14)16-3)18-9-11(8-17-18)15(19)20/h5-10H,4H2,1-2H3,(H,19,20). The van der Waals surface area contributed by atoms with Crippen molar-refractivity contribution in [3.05, 3.63) is 47.6 Å². The summed E-state index contributed by atoms with van der Waals surface area (Å²) in [5.41, 5.74) is 1.09. The molecule has 1 heterocycles. The highest BCUT2D eigenvalue weighted by molar-refractivity contribution is 5.87. The Morgan fingerprint density at radius 2 is 2.33 bits per heavy atom. The molecule has 0 saturated heterocycles. The fourth-order valence-corrected chi connectivity index (χ4v) is 1.71. The van der Waals surface area contributed by atoms with Crippen molar-refractivity contribution in [2.45, 2.75) is 26.4 Å². The Morgan fingerprint density at radius 1 is 1.57 bits per heavy atom. The quantitative estimate of drug-likeness (QED) is 0.856. The highest BCUT2D eigenvalue weighted by atomic mass is 16.5. The topological polar surface area (TPSA) is 68.7 Å². The number of ether oxygens (including phenoxy) is 1. The number of hydrogen-bond donors (Lipinski definition) is 1. The molecule has 0 saturated carbocycles. The van der Waals surface area contributed by atoms with Crippen molar-refractivity contribution in [3.8, 4) is 11.4 Å². The van der Waals surface area contributed by atoms with Gasteiger partial charge < -0.3 is 9.84 Å². The molecule has 2 aromatic rings. The van der Waals surface area contributed by atoms with Gasteiger partial charge in [0, 0.05) is 6.20 Å². The van der Waals surface area contributed by atoms with Crippen LogP contribution in [0.15, 0.2) is 30.6 Å². The summed E-state index contributed by atoms with van der Waals surface area (Å²) in [6.07, 6.45) is 3.55. The first kappa shape index (κ1) is 14.6. The molecule has 0 amide bonds. The maximum Gasteiger partial charge on any atom is 0.338 e. The van der Waals surface area contributed by atoms with Crippen LogP contribution >= 0.6 is 0 Å². The molecule has 1 N–H and O–H groups in total. The van der Waals surface area contributed by atoms with Crippen LogP contribution < -0.4 is 4.74 Å². The van der Waals surface area contributed by atoms with Crippen LogP contribution in [0.3, 0.4) is 0 Å². The molecule has 0 bridgehead atoms. The second-order valence-electron chi connectivity index (χ2n) is 4.58. The smallest absolute Gasteiger partial charge is 0.338 e. The first-order chi connectivity index (χ1) is 10.0. The van der Waals surface area contributed by atoms with E-state index in [0.29, 0.717) is 17.1 Å². The molecule has 6 nitrogen and oxygen atoms in total. The first-order valence-electron chi connectivity index (χ1n) is 6.51. The van der Waals surface area contributed by atoms with Crippen LogP contribution in [0.2, 0.25) is 0 Å². The summed E-state index contributed by atoms with van der Waals surface area (Å²) in [5.74, 6) is -0.517. The lowest BCUT2D eigenvalue weighted by molar-refractivity contribution is 0.0697. The van der Waals surface area contributed by atoms with Gasteiger partial charge in [0.25, 0.3) is 0 Å². The van der Waals surface area contributed by atoms with Gasteiger partial charge in [-0.2, -0.15) is 5.10 Å². The molecule has 0 radical (unpaired) electrons. The van der Waals surface area contributed by atoms with Crippen molar-refractivity contribution in [2.75, 3.05) is 0 Å². The molecule has 1 aromatic carbocycles. The third-order valence-corrected chi connectivity index (χ3v) is 3.06. The lowest BCUT2D eigenvalue weighted by atomic mass is 10.2. The number of carboxylic acid groups (broad SMARTS) is 1. The number of aromatic carboxylic acids is 1. The van der Waals surface area contributed by atoms with E-state index in [1.807, 2.05) is 13.8 Å². The predicted molar refractivity (Wildman–Crippen MR) is 77.2 cm³/mol. The Labute approximate surface area is 122 Å². The van der Waals surface area contributed by atoms with Gasteiger partial charge in [-0.3, -0.25) is 0 Å². The van der Waals surface area contributed by atoms with Gasteiger partial charge in [0.1, 0.15) is 5.75 Å². The molecule has 1 atom stereocenters. The monoisotopic (exact) mass is 285 g/mol. The van der Waals surface area contributed by atoms with Gasteiger partial charge in [0.15, 0.2) is 0 Å². The second-order valence-corrected chi connectivity index (χ2v) is 4.58. The summed E-state index contributed by atoms with van der Waals surface area (Å²) in [5, 5.41) is 12.9. The van der Waals surface area contributed by atoms with Crippen molar-refractivity contribution >= 4 is 11.7 Å². The molecular formula is C15H15N3O3. The van der Waals surface area contributed by atoms with Crippen LogP contribution in [-0.2, 0) is 0 Å². The van der Waals surface area contributed by atoms with Gasteiger partial charge in [-0.05, 0) is 31.5 Å². The molecule has 1 unspecified atom stereocenters. The third kappa shape index (κ3) is 3.20. The van der Waals surface area contributed by atoms with E-state index in [4.69, 9.17) is 16.4 Å². The summed E-state index contributed by atoms with van der Waals surface area (Å²) < 4.78 is 7.10. The minimum atomic E-state index is -1.04. The van der Waals surface area contributed by atoms with Crippen LogP contribution in [0.1, 0.15) is 30.6 Å². The fourth-order valence-electron chi connectivity index (χ4n) is 1.71. The van der Waals surface area contributed by atoms with Crippen LogP contribution in [0.4, 0.5) is 5.69 Å². The Kier molecular flexibility index (Phi) is 4.24. The van der Waals surface area contributed by atoms with Gasteiger partial charge in [0.05, 0.1) is 30.1 Å². The molecule has 0 fully saturated rings. The molecule has 2 rings (SSSR count). The largest absolute Gasteiger partial charge is 0.502 e. The Bertz CT molecular complexity index is 700. The number of aromatic nitrogens is 2. The van der Waals surface area contributed by atoms with Crippen molar-refractivity contribution in [1.29, 1.82) is 0 Å². The van der Waals surface area contributed by atoms with E-state index >= 15 is 0 Å². The number of benzene rings is 1. The molecule has 0 aliphatic rings. The normalized spacial score (nSPS) is 11.7. The lowest BCUT2D eigenvalue weighted by Crippen LogP contribution is -2.09. The molecule has 21 heavy (non-hydrogen) atoms. The van der Waals surface area contributed by atoms with E-state index in [1.165, 1.54) is 17.1 Å². The van der Waals surface area contributed by atoms with Crippen molar-refractivity contribution in [2.24, 2.45) is 0 Å². The van der Waals surface area contributed by atoms with Gasteiger partial charge in [-0.1, -0.05) is 6.92 Å².